The van der Waals surface area contributed by atoms with Crippen LogP contribution in [-0.4, -0.2) is 4.92 Å². The first kappa shape index (κ1) is 13.2. The molecule has 0 fully saturated rings. The third kappa shape index (κ3) is 3.63. The number of nitro groups is 1. The fourth-order valence-electron chi connectivity index (χ4n) is 1.93. The molecule has 0 saturated carbocycles. The van der Waals surface area contributed by atoms with Crippen molar-refractivity contribution in [1.29, 1.82) is 0 Å². The van der Waals surface area contributed by atoms with E-state index in [0.717, 1.165) is 12.1 Å². The molecule has 0 unspecified atom stereocenters. The van der Waals surface area contributed by atoms with E-state index >= 15 is 0 Å². The van der Waals surface area contributed by atoms with Crippen LogP contribution in [-0.2, 0) is 13.1 Å². The van der Waals surface area contributed by atoms with Gasteiger partial charge in [-0.15, -0.1) is 0 Å². The van der Waals surface area contributed by atoms with Crippen LogP contribution in [0.2, 0.25) is 0 Å². The van der Waals surface area contributed by atoms with E-state index in [1.165, 1.54) is 17.2 Å². The van der Waals surface area contributed by atoms with Gasteiger partial charge in [0.1, 0.15) is 0 Å². The van der Waals surface area contributed by atoms with E-state index in [2.05, 4.69) is 24.4 Å². The zero-order chi connectivity index (χ0) is 13.7. The number of aryl methyl sites for hydroxylation is 1. The van der Waals surface area contributed by atoms with E-state index in [4.69, 9.17) is 0 Å². The second kappa shape index (κ2) is 6.11. The van der Waals surface area contributed by atoms with Crippen molar-refractivity contribution in [2.24, 2.45) is 0 Å². The fraction of sp³-hybridized carbons (Fsp3) is 0.200. The number of non-ortho nitro benzene ring substituents is 1. The summed E-state index contributed by atoms with van der Waals surface area (Å²) in [6, 6.07) is 14.9. The van der Waals surface area contributed by atoms with Gasteiger partial charge in [0.05, 0.1) is 4.92 Å². The quantitative estimate of drug-likeness (QED) is 0.660. The maximum absolute atomic E-state index is 10.7. The second-order valence-electron chi connectivity index (χ2n) is 4.46. The summed E-state index contributed by atoms with van der Waals surface area (Å²) in [6.45, 7) is 3.45. The van der Waals surface area contributed by atoms with E-state index in [9.17, 15) is 10.1 Å². The molecule has 4 heteroatoms. The van der Waals surface area contributed by atoms with E-state index < -0.39 is 0 Å². The van der Waals surface area contributed by atoms with Gasteiger partial charge < -0.3 is 5.32 Å². The molecule has 0 heterocycles. The molecule has 0 aliphatic heterocycles. The lowest BCUT2D eigenvalue weighted by Crippen LogP contribution is -2.13. The Labute approximate surface area is 112 Å². The van der Waals surface area contributed by atoms with Crippen LogP contribution >= 0.6 is 0 Å². The van der Waals surface area contributed by atoms with Crippen LogP contribution < -0.4 is 5.32 Å². The average molecular weight is 256 g/mol. The summed E-state index contributed by atoms with van der Waals surface area (Å²) >= 11 is 0. The molecule has 0 amide bonds. The molecule has 0 bridgehead atoms. The maximum atomic E-state index is 10.7. The van der Waals surface area contributed by atoms with Crippen molar-refractivity contribution < 1.29 is 4.92 Å². The van der Waals surface area contributed by atoms with Crippen LogP contribution in [0.15, 0.2) is 48.5 Å². The van der Waals surface area contributed by atoms with E-state index in [1.807, 2.05) is 18.2 Å². The monoisotopic (exact) mass is 256 g/mol. The van der Waals surface area contributed by atoms with E-state index in [-0.39, 0.29) is 10.6 Å². The van der Waals surface area contributed by atoms with Crippen LogP contribution in [0.5, 0.6) is 0 Å². The highest BCUT2D eigenvalue weighted by Gasteiger charge is 2.05. The molecular formula is C15H16N2O2. The SMILES string of the molecule is Cc1ccccc1CNCc1cccc([N+](=O)[O-])c1. The normalized spacial score (nSPS) is 10.4. The number of rotatable bonds is 5. The highest BCUT2D eigenvalue weighted by atomic mass is 16.6. The summed E-state index contributed by atoms with van der Waals surface area (Å²) in [5.74, 6) is 0. The summed E-state index contributed by atoms with van der Waals surface area (Å²) in [5, 5.41) is 14.0. The molecule has 0 aliphatic carbocycles. The van der Waals surface area contributed by atoms with Crippen molar-refractivity contribution in [1.82, 2.24) is 5.32 Å². The highest BCUT2D eigenvalue weighted by molar-refractivity contribution is 5.34. The second-order valence-corrected chi connectivity index (χ2v) is 4.46. The number of nitro benzene ring substituents is 1. The molecule has 2 aromatic rings. The molecule has 0 aliphatic rings. The molecule has 98 valence electrons. The standard InChI is InChI=1S/C15H16N2O2/c1-12-5-2-3-7-14(12)11-16-10-13-6-4-8-15(9-13)17(18)19/h2-9,16H,10-11H2,1H3. The van der Waals surface area contributed by atoms with Gasteiger partial charge in [0.25, 0.3) is 5.69 Å². The number of hydrogen-bond acceptors (Lipinski definition) is 3. The van der Waals surface area contributed by atoms with E-state index in [0.29, 0.717) is 6.54 Å². The fourth-order valence-corrected chi connectivity index (χ4v) is 1.93. The summed E-state index contributed by atoms with van der Waals surface area (Å²) < 4.78 is 0. The highest BCUT2D eigenvalue weighted by Crippen LogP contribution is 2.13. The number of nitrogens with zero attached hydrogens (tertiary/aromatic N) is 1. The lowest BCUT2D eigenvalue weighted by Gasteiger charge is -2.07. The minimum Gasteiger partial charge on any atom is -0.309 e. The third-order valence-electron chi connectivity index (χ3n) is 3.03. The minimum absolute atomic E-state index is 0.134. The van der Waals surface area contributed by atoms with Crippen molar-refractivity contribution in [2.75, 3.05) is 0 Å². The van der Waals surface area contributed by atoms with Gasteiger partial charge in [-0.1, -0.05) is 36.4 Å². The topological polar surface area (TPSA) is 55.2 Å². The Morgan fingerprint density at radius 3 is 2.63 bits per heavy atom. The molecule has 4 nitrogen and oxygen atoms in total. The molecular weight excluding hydrogens is 240 g/mol. The first-order chi connectivity index (χ1) is 9.16. The lowest BCUT2D eigenvalue weighted by molar-refractivity contribution is -0.384. The Kier molecular flexibility index (Phi) is 4.26. The van der Waals surface area contributed by atoms with Gasteiger partial charge in [0.2, 0.25) is 0 Å². The minimum atomic E-state index is -0.370. The Morgan fingerprint density at radius 1 is 1.11 bits per heavy atom. The van der Waals surface area contributed by atoms with Crippen molar-refractivity contribution >= 4 is 5.69 Å². The lowest BCUT2D eigenvalue weighted by atomic mass is 10.1. The van der Waals surface area contributed by atoms with E-state index in [1.54, 1.807) is 12.1 Å². The molecule has 0 spiro atoms. The van der Waals surface area contributed by atoms with Gasteiger partial charge in [0.15, 0.2) is 0 Å². The maximum Gasteiger partial charge on any atom is 0.269 e. The summed E-state index contributed by atoms with van der Waals surface area (Å²) in [6.07, 6.45) is 0. The van der Waals surface area contributed by atoms with Crippen molar-refractivity contribution in [2.45, 2.75) is 20.0 Å². The van der Waals surface area contributed by atoms with Crippen LogP contribution in [0.4, 0.5) is 5.69 Å². The average Bonchev–Trinajstić information content (AvgIpc) is 2.41. The molecule has 0 saturated heterocycles. The van der Waals surface area contributed by atoms with Crippen LogP contribution in [0.25, 0.3) is 0 Å². The molecule has 1 N–H and O–H groups in total. The molecule has 2 rings (SSSR count). The van der Waals surface area contributed by atoms with Crippen molar-refractivity contribution in [3.8, 4) is 0 Å². The Bertz CT molecular complexity index is 582. The van der Waals surface area contributed by atoms with Crippen LogP contribution in [0.1, 0.15) is 16.7 Å². The first-order valence-electron chi connectivity index (χ1n) is 6.15. The van der Waals surface area contributed by atoms with Gasteiger partial charge in [-0.3, -0.25) is 10.1 Å². The molecule has 0 aromatic heterocycles. The molecule has 0 radical (unpaired) electrons. The third-order valence-corrected chi connectivity index (χ3v) is 3.03. The number of benzene rings is 2. The van der Waals surface area contributed by atoms with Crippen molar-refractivity contribution in [3.05, 3.63) is 75.3 Å². The van der Waals surface area contributed by atoms with Crippen LogP contribution in [0.3, 0.4) is 0 Å². The predicted octanol–water partition coefficient (Wildman–Crippen LogP) is 3.19. The van der Waals surface area contributed by atoms with Gasteiger partial charge in [-0.2, -0.15) is 0 Å². The summed E-state index contributed by atoms with van der Waals surface area (Å²) in [5.41, 5.74) is 3.54. The zero-order valence-corrected chi connectivity index (χ0v) is 10.8. The van der Waals surface area contributed by atoms with Crippen LogP contribution in [0, 0.1) is 17.0 Å². The largest absolute Gasteiger partial charge is 0.309 e. The molecule has 0 atom stereocenters. The first-order valence-corrected chi connectivity index (χ1v) is 6.15. The Hall–Kier alpha value is -2.20. The molecule has 2 aromatic carbocycles. The van der Waals surface area contributed by atoms with Gasteiger partial charge in [0, 0.05) is 25.2 Å². The van der Waals surface area contributed by atoms with Gasteiger partial charge in [-0.25, -0.2) is 0 Å². The number of nitrogens with one attached hydrogen (secondary N) is 1. The summed E-state index contributed by atoms with van der Waals surface area (Å²) in [7, 11) is 0. The smallest absolute Gasteiger partial charge is 0.269 e. The summed E-state index contributed by atoms with van der Waals surface area (Å²) in [4.78, 5) is 10.3. The number of hydrogen-bond donors (Lipinski definition) is 1. The van der Waals surface area contributed by atoms with Gasteiger partial charge in [-0.05, 0) is 23.6 Å². The zero-order valence-electron chi connectivity index (χ0n) is 10.8. The van der Waals surface area contributed by atoms with Gasteiger partial charge >= 0.3 is 0 Å². The predicted molar refractivity (Wildman–Crippen MR) is 74.8 cm³/mol. The Balaban J connectivity index is 1.94. The van der Waals surface area contributed by atoms with Crippen molar-refractivity contribution in [3.63, 3.8) is 0 Å². The Morgan fingerprint density at radius 2 is 1.89 bits per heavy atom. The molecule has 19 heavy (non-hydrogen) atoms.